The van der Waals surface area contributed by atoms with Gasteiger partial charge in [-0.05, 0) is 24.1 Å². The van der Waals surface area contributed by atoms with Gasteiger partial charge in [0.05, 0.1) is 18.2 Å². The molecule has 0 bridgehead atoms. The molecule has 1 aromatic carbocycles. The molecule has 0 atom stereocenters. The van der Waals surface area contributed by atoms with Gasteiger partial charge in [0.15, 0.2) is 5.82 Å². The smallest absolute Gasteiger partial charge is 0.338 e. The van der Waals surface area contributed by atoms with Crippen molar-refractivity contribution >= 4 is 5.97 Å². The minimum absolute atomic E-state index is 0.0642. The van der Waals surface area contributed by atoms with Crippen molar-refractivity contribution in [2.45, 2.75) is 13.3 Å². The number of hydrogen-bond donors (Lipinski definition) is 1. The lowest BCUT2D eigenvalue weighted by molar-refractivity contribution is 0.0696. The minimum Gasteiger partial charge on any atom is -0.496 e. The third-order valence-corrected chi connectivity index (χ3v) is 2.81. The monoisotopic (exact) mass is 258 g/mol. The standard InChI is InChI=1S/C14H14N2O3/c1-3-9-4-5-12(19-2)11(6-9)13-15-7-10(8-16-13)14(17)18/h4-8H,3H2,1-2H3,(H,17,18). The van der Waals surface area contributed by atoms with Crippen LogP contribution in [0, 0.1) is 0 Å². The summed E-state index contributed by atoms with van der Waals surface area (Å²) >= 11 is 0. The summed E-state index contributed by atoms with van der Waals surface area (Å²) in [7, 11) is 1.58. The zero-order valence-electron chi connectivity index (χ0n) is 10.8. The average molecular weight is 258 g/mol. The zero-order valence-corrected chi connectivity index (χ0v) is 10.8. The molecule has 1 heterocycles. The van der Waals surface area contributed by atoms with Crippen molar-refractivity contribution in [1.82, 2.24) is 9.97 Å². The van der Waals surface area contributed by atoms with E-state index in [1.54, 1.807) is 7.11 Å². The topological polar surface area (TPSA) is 72.3 Å². The van der Waals surface area contributed by atoms with Crippen LogP contribution >= 0.6 is 0 Å². The zero-order chi connectivity index (χ0) is 13.8. The maximum Gasteiger partial charge on any atom is 0.338 e. The predicted octanol–water partition coefficient (Wildman–Crippen LogP) is 2.41. The first-order chi connectivity index (χ1) is 9.15. The Morgan fingerprint density at radius 2 is 2.00 bits per heavy atom. The van der Waals surface area contributed by atoms with Gasteiger partial charge in [-0.2, -0.15) is 0 Å². The van der Waals surface area contributed by atoms with E-state index < -0.39 is 5.97 Å². The van der Waals surface area contributed by atoms with E-state index in [4.69, 9.17) is 9.84 Å². The first-order valence-electron chi connectivity index (χ1n) is 5.88. The summed E-state index contributed by atoms with van der Waals surface area (Å²) in [6, 6.07) is 5.80. The second-order valence-corrected chi connectivity index (χ2v) is 3.99. The molecule has 0 aliphatic carbocycles. The highest BCUT2D eigenvalue weighted by molar-refractivity contribution is 5.87. The molecule has 2 aromatic rings. The lowest BCUT2D eigenvalue weighted by atomic mass is 10.1. The number of benzene rings is 1. The van der Waals surface area contributed by atoms with Crippen molar-refractivity contribution in [2.24, 2.45) is 0 Å². The van der Waals surface area contributed by atoms with Crippen LogP contribution in [0.2, 0.25) is 0 Å². The van der Waals surface area contributed by atoms with Crippen LogP contribution in [-0.4, -0.2) is 28.2 Å². The van der Waals surface area contributed by atoms with E-state index >= 15 is 0 Å². The van der Waals surface area contributed by atoms with Crippen molar-refractivity contribution in [3.05, 3.63) is 41.7 Å². The number of aromatic carboxylic acids is 1. The number of aromatic nitrogens is 2. The molecule has 0 unspecified atom stereocenters. The predicted molar refractivity (Wildman–Crippen MR) is 70.4 cm³/mol. The van der Waals surface area contributed by atoms with Crippen LogP contribution in [0.5, 0.6) is 5.75 Å². The number of ether oxygens (including phenoxy) is 1. The van der Waals surface area contributed by atoms with Gasteiger partial charge >= 0.3 is 5.97 Å². The van der Waals surface area contributed by atoms with Crippen molar-refractivity contribution in [3.63, 3.8) is 0 Å². The minimum atomic E-state index is -1.04. The molecule has 0 saturated carbocycles. The lowest BCUT2D eigenvalue weighted by Crippen LogP contribution is -2.00. The van der Waals surface area contributed by atoms with Crippen LogP contribution in [0.15, 0.2) is 30.6 Å². The molecule has 0 radical (unpaired) electrons. The van der Waals surface area contributed by atoms with Crippen LogP contribution in [0.3, 0.4) is 0 Å². The number of methoxy groups -OCH3 is 1. The van der Waals surface area contributed by atoms with Gasteiger partial charge in [-0.15, -0.1) is 0 Å². The van der Waals surface area contributed by atoms with Gasteiger partial charge in [0.1, 0.15) is 5.75 Å². The van der Waals surface area contributed by atoms with Gasteiger partial charge in [0.25, 0.3) is 0 Å². The molecule has 0 amide bonds. The molecular formula is C14H14N2O3. The molecule has 98 valence electrons. The molecule has 0 aliphatic heterocycles. The number of nitrogens with zero attached hydrogens (tertiary/aromatic N) is 2. The van der Waals surface area contributed by atoms with Gasteiger partial charge in [0, 0.05) is 12.4 Å². The molecule has 1 N–H and O–H groups in total. The number of carboxylic acid groups (broad SMARTS) is 1. The van der Waals surface area contributed by atoms with E-state index in [1.165, 1.54) is 12.4 Å². The Morgan fingerprint density at radius 3 is 2.53 bits per heavy atom. The highest BCUT2D eigenvalue weighted by Crippen LogP contribution is 2.28. The van der Waals surface area contributed by atoms with Gasteiger partial charge < -0.3 is 9.84 Å². The van der Waals surface area contributed by atoms with Crippen LogP contribution in [0.1, 0.15) is 22.8 Å². The largest absolute Gasteiger partial charge is 0.496 e. The molecule has 0 spiro atoms. The number of carboxylic acids is 1. The molecule has 2 rings (SSSR count). The highest BCUT2D eigenvalue weighted by atomic mass is 16.5. The van der Waals surface area contributed by atoms with Crippen molar-refractivity contribution < 1.29 is 14.6 Å². The Labute approximate surface area is 110 Å². The number of carbonyl (C=O) groups is 1. The van der Waals surface area contributed by atoms with Gasteiger partial charge in [-0.3, -0.25) is 0 Å². The molecule has 1 aromatic heterocycles. The maximum absolute atomic E-state index is 10.8. The fraction of sp³-hybridized carbons (Fsp3) is 0.214. The quantitative estimate of drug-likeness (QED) is 0.911. The Kier molecular flexibility index (Phi) is 3.75. The normalized spacial score (nSPS) is 10.2. The van der Waals surface area contributed by atoms with Gasteiger partial charge in [-0.1, -0.05) is 13.0 Å². The highest BCUT2D eigenvalue weighted by Gasteiger charge is 2.11. The molecular weight excluding hydrogens is 244 g/mol. The fourth-order valence-electron chi connectivity index (χ4n) is 1.73. The Morgan fingerprint density at radius 1 is 1.32 bits per heavy atom. The molecule has 0 aliphatic rings. The fourth-order valence-corrected chi connectivity index (χ4v) is 1.73. The summed E-state index contributed by atoms with van der Waals surface area (Å²) in [5.74, 6) is 0.0817. The van der Waals surface area contributed by atoms with Crippen molar-refractivity contribution in [2.75, 3.05) is 7.11 Å². The average Bonchev–Trinajstić information content (AvgIpc) is 2.46. The van der Waals surface area contributed by atoms with E-state index in [0.29, 0.717) is 11.6 Å². The number of aryl methyl sites for hydroxylation is 1. The van der Waals surface area contributed by atoms with Crippen LogP contribution in [0.4, 0.5) is 0 Å². The van der Waals surface area contributed by atoms with E-state index in [1.807, 2.05) is 18.2 Å². The molecule has 0 fully saturated rings. The third kappa shape index (κ3) is 2.70. The van der Waals surface area contributed by atoms with E-state index in [-0.39, 0.29) is 5.56 Å². The van der Waals surface area contributed by atoms with Crippen LogP contribution in [0.25, 0.3) is 11.4 Å². The molecule has 5 heteroatoms. The SMILES string of the molecule is CCc1ccc(OC)c(-c2ncc(C(=O)O)cn2)c1. The van der Waals surface area contributed by atoms with E-state index in [2.05, 4.69) is 16.9 Å². The summed E-state index contributed by atoms with van der Waals surface area (Å²) < 4.78 is 5.28. The molecule has 0 saturated heterocycles. The third-order valence-electron chi connectivity index (χ3n) is 2.81. The first kappa shape index (κ1) is 13.0. The van der Waals surface area contributed by atoms with Crippen molar-refractivity contribution in [1.29, 1.82) is 0 Å². The Bertz CT molecular complexity index is 594. The van der Waals surface area contributed by atoms with Gasteiger partial charge in [0.2, 0.25) is 0 Å². The Balaban J connectivity index is 2.47. The van der Waals surface area contributed by atoms with Gasteiger partial charge in [-0.25, -0.2) is 14.8 Å². The van der Waals surface area contributed by atoms with Crippen LogP contribution in [-0.2, 0) is 6.42 Å². The van der Waals surface area contributed by atoms with Crippen molar-refractivity contribution in [3.8, 4) is 17.1 Å². The van der Waals surface area contributed by atoms with Crippen LogP contribution < -0.4 is 4.74 Å². The molecule has 19 heavy (non-hydrogen) atoms. The second kappa shape index (κ2) is 5.48. The number of rotatable bonds is 4. The number of hydrogen-bond acceptors (Lipinski definition) is 4. The molecule has 5 nitrogen and oxygen atoms in total. The summed E-state index contributed by atoms with van der Waals surface area (Å²) in [5.41, 5.74) is 1.97. The maximum atomic E-state index is 10.8. The second-order valence-electron chi connectivity index (χ2n) is 3.99. The lowest BCUT2D eigenvalue weighted by Gasteiger charge is -2.09. The van der Waals surface area contributed by atoms with E-state index in [0.717, 1.165) is 17.5 Å². The summed E-state index contributed by atoms with van der Waals surface area (Å²) in [6.45, 7) is 2.06. The summed E-state index contributed by atoms with van der Waals surface area (Å²) in [6.07, 6.45) is 3.48. The Hall–Kier alpha value is -2.43. The summed E-state index contributed by atoms with van der Waals surface area (Å²) in [4.78, 5) is 18.9. The first-order valence-corrected chi connectivity index (χ1v) is 5.88. The van der Waals surface area contributed by atoms with E-state index in [9.17, 15) is 4.79 Å². The summed E-state index contributed by atoms with van der Waals surface area (Å²) in [5, 5.41) is 8.82.